The number of benzene rings is 3. The average Bonchev–Trinajstić information content (AvgIpc) is 3.89. The van der Waals surface area contributed by atoms with Gasteiger partial charge in [-0.3, -0.25) is 0 Å². The number of esters is 1. The van der Waals surface area contributed by atoms with Gasteiger partial charge in [0.25, 0.3) is 5.82 Å². The first-order valence-corrected chi connectivity index (χ1v) is 17.6. The summed E-state index contributed by atoms with van der Waals surface area (Å²) in [5.41, 5.74) is 2.97. The van der Waals surface area contributed by atoms with E-state index < -0.39 is 17.9 Å². The molecule has 0 radical (unpaired) electrons. The molecule has 1 unspecified atom stereocenters. The molecule has 2 N–H and O–H groups in total. The summed E-state index contributed by atoms with van der Waals surface area (Å²) in [5, 5.41) is 23.2. The molecule has 0 amide bonds. The molecule has 5 aromatic rings. The van der Waals surface area contributed by atoms with Crippen LogP contribution in [0.3, 0.4) is 0 Å². The second kappa shape index (κ2) is 16.6. The Balaban J connectivity index is 1.00. The van der Waals surface area contributed by atoms with Crippen molar-refractivity contribution in [1.29, 1.82) is 0 Å². The van der Waals surface area contributed by atoms with Crippen molar-refractivity contribution >= 4 is 40.5 Å². The number of tetrazole rings is 1. The van der Waals surface area contributed by atoms with Crippen molar-refractivity contribution in [3.8, 4) is 11.4 Å². The Morgan fingerprint density at radius 1 is 1.04 bits per heavy atom. The van der Waals surface area contributed by atoms with Gasteiger partial charge in [0.15, 0.2) is 0 Å². The van der Waals surface area contributed by atoms with E-state index in [1.807, 2.05) is 62.4 Å². The predicted octanol–water partition coefficient (Wildman–Crippen LogP) is 5.35. The first-order valence-electron chi connectivity index (χ1n) is 16.9. The van der Waals surface area contributed by atoms with E-state index >= 15 is 0 Å². The van der Waals surface area contributed by atoms with Crippen LogP contribution in [0.5, 0.6) is 5.75 Å². The molecule has 1 aliphatic rings. The topological polar surface area (TPSA) is 161 Å². The molecule has 2 aromatic heterocycles. The molecule has 3 atom stereocenters. The van der Waals surface area contributed by atoms with Gasteiger partial charge in [0.2, 0.25) is 5.79 Å². The van der Waals surface area contributed by atoms with Gasteiger partial charge in [-0.25, -0.2) is 23.5 Å². The molecule has 274 valence electrons. The normalized spacial score (nSPS) is 17.5. The highest BCUT2D eigenvalue weighted by molar-refractivity contribution is 6.35. The summed E-state index contributed by atoms with van der Waals surface area (Å²) >= 11 is 12.8. The lowest BCUT2D eigenvalue weighted by Gasteiger charge is -2.29. The molecule has 1 saturated heterocycles. The maximum atomic E-state index is 12.7. The highest BCUT2D eigenvalue weighted by Gasteiger charge is 2.46. The SMILES string of the molecule is CCOC(=O)c1nnnn1C[C@@]1(c2ccc(Cl)cc2Cl)OC[C@@H](COc2ccc(NCCNc3ccc(-n4cnn(C(C)CC)c4=O)cc3)cc2)O1. The zero-order valence-electron chi connectivity index (χ0n) is 28.9. The molecular weight excluding hydrogens is 713 g/mol. The molecule has 1 aliphatic heterocycles. The highest BCUT2D eigenvalue weighted by Crippen LogP contribution is 2.40. The minimum atomic E-state index is -1.44. The molecule has 1 fully saturated rings. The van der Waals surface area contributed by atoms with Crippen molar-refractivity contribution in [2.24, 2.45) is 0 Å². The summed E-state index contributed by atoms with van der Waals surface area (Å²) in [4.78, 5) is 25.2. The summed E-state index contributed by atoms with van der Waals surface area (Å²) in [5.74, 6) is -1.57. The number of carbonyl (C=O) groups is 1. The molecule has 0 spiro atoms. The fourth-order valence-electron chi connectivity index (χ4n) is 5.59. The van der Waals surface area contributed by atoms with Crippen molar-refractivity contribution in [1.82, 2.24) is 34.6 Å². The standard InChI is InChI=1S/C35H39Cl2N9O6/c1-4-23(3)46-34(48)44(22-40-46)27-11-7-25(8-12-27)38-16-17-39-26-9-13-28(14-10-26)50-19-29-20-51-35(52-29,30-15-6-24(36)18-31(30)37)21-45-32(41-42-43-45)33(47)49-5-2/h6-15,18,22-23,29,38-39H,4-5,16-17,19-21H2,1-3H3/t23?,29-,35-/m1/s1. The molecule has 0 bridgehead atoms. The first-order chi connectivity index (χ1) is 25.2. The number of nitrogens with zero attached hydrogens (tertiary/aromatic N) is 7. The van der Waals surface area contributed by atoms with Crippen molar-refractivity contribution in [3.63, 3.8) is 0 Å². The summed E-state index contributed by atoms with van der Waals surface area (Å²) in [7, 11) is 0. The molecule has 3 aromatic carbocycles. The predicted molar refractivity (Wildman–Crippen MR) is 194 cm³/mol. The van der Waals surface area contributed by atoms with E-state index in [1.54, 1.807) is 36.0 Å². The monoisotopic (exact) mass is 751 g/mol. The molecule has 0 aliphatic carbocycles. The molecule has 15 nitrogen and oxygen atoms in total. The van der Waals surface area contributed by atoms with Gasteiger partial charge in [-0.15, -0.1) is 5.10 Å². The molecule has 0 saturated carbocycles. The zero-order chi connectivity index (χ0) is 36.7. The fraction of sp³-hybridized carbons (Fsp3) is 0.371. The van der Waals surface area contributed by atoms with Gasteiger partial charge in [0, 0.05) is 35.1 Å². The molecule has 3 heterocycles. The Morgan fingerprint density at radius 2 is 1.75 bits per heavy atom. The summed E-state index contributed by atoms with van der Waals surface area (Å²) in [6, 6.07) is 20.3. The highest BCUT2D eigenvalue weighted by atomic mass is 35.5. The number of carbonyl (C=O) groups excluding carboxylic acids is 1. The van der Waals surface area contributed by atoms with E-state index in [9.17, 15) is 9.59 Å². The van der Waals surface area contributed by atoms with Gasteiger partial charge in [-0.2, -0.15) is 5.10 Å². The lowest BCUT2D eigenvalue weighted by atomic mass is 10.1. The number of nitrogens with one attached hydrogen (secondary N) is 2. The van der Waals surface area contributed by atoms with E-state index in [0.29, 0.717) is 34.4 Å². The lowest BCUT2D eigenvalue weighted by Crippen LogP contribution is -2.36. The fourth-order valence-corrected chi connectivity index (χ4v) is 6.14. The number of ether oxygens (including phenoxy) is 4. The molecule has 6 rings (SSSR count). The number of hydrogen-bond donors (Lipinski definition) is 2. The number of aromatic nitrogens is 7. The van der Waals surface area contributed by atoms with E-state index in [-0.39, 0.29) is 43.9 Å². The van der Waals surface area contributed by atoms with Crippen molar-refractivity contribution in [2.45, 2.75) is 51.7 Å². The maximum Gasteiger partial charge on any atom is 0.378 e. The molecular formula is C35H39Cl2N9O6. The third-order valence-corrected chi connectivity index (χ3v) is 9.02. The maximum absolute atomic E-state index is 12.7. The lowest BCUT2D eigenvalue weighted by molar-refractivity contribution is -0.191. The van der Waals surface area contributed by atoms with E-state index in [2.05, 4.69) is 31.3 Å². The summed E-state index contributed by atoms with van der Waals surface area (Å²) in [6.07, 6.45) is 1.90. The van der Waals surface area contributed by atoms with Crippen LogP contribution < -0.4 is 21.1 Å². The third-order valence-electron chi connectivity index (χ3n) is 8.47. The van der Waals surface area contributed by atoms with Gasteiger partial charge >= 0.3 is 11.7 Å². The van der Waals surface area contributed by atoms with Crippen LogP contribution in [-0.2, 0) is 26.5 Å². The minimum absolute atomic E-state index is 0.0437. The quantitative estimate of drug-likeness (QED) is 0.0985. The van der Waals surface area contributed by atoms with Gasteiger partial charge in [0.1, 0.15) is 31.3 Å². The largest absolute Gasteiger partial charge is 0.491 e. The Hall–Kier alpha value is -4.96. The van der Waals surface area contributed by atoms with Gasteiger partial charge in [-0.1, -0.05) is 36.2 Å². The Bertz CT molecular complexity index is 2020. The van der Waals surface area contributed by atoms with Crippen molar-refractivity contribution < 1.29 is 23.7 Å². The van der Waals surface area contributed by atoms with E-state index in [4.69, 9.17) is 42.1 Å². The van der Waals surface area contributed by atoms with Crippen LogP contribution in [0.25, 0.3) is 5.69 Å². The van der Waals surface area contributed by atoms with Gasteiger partial charge in [0.05, 0.1) is 30.0 Å². The van der Waals surface area contributed by atoms with E-state index in [1.165, 1.54) is 9.36 Å². The van der Waals surface area contributed by atoms with Crippen LogP contribution in [0.2, 0.25) is 10.0 Å². The molecule has 52 heavy (non-hydrogen) atoms. The number of anilines is 2. The Labute approximate surface area is 309 Å². The smallest absolute Gasteiger partial charge is 0.378 e. The zero-order valence-corrected chi connectivity index (χ0v) is 30.4. The molecule has 17 heteroatoms. The minimum Gasteiger partial charge on any atom is -0.491 e. The van der Waals surface area contributed by atoms with Crippen molar-refractivity contribution in [2.75, 3.05) is 43.5 Å². The van der Waals surface area contributed by atoms with E-state index in [0.717, 1.165) is 23.5 Å². The number of halogens is 2. The Morgan fingerprint density at radius 3 is 2.42 bits per heavy atom. The van der Waals surface area contributed by atoms with Crippen LogP contribution in [0, 0.1) is 0 Å². The summed E-state index contributed by atoms with van der Waals surface area (Å²) in [6.45, 7) is 7.47. The van der Waals surface area contributed by atoms with Gasteiger partial charge < -0.3 is 29.6 Å². The average molecular weight is 753 g/mol. The summed E-state index contributed by atoms with van der Waals surface area (Å²) < 4.78 is 28.1. The second-order valence-corrected chi connectivity index (χ2v) is 12.9. The van der Waals surface area contributed by atoms with Crippen LogP contribution in [0.4, 0.5) is 11.4 Å². The number of hydrogen-bond acceptors (Lipinski definition) is 12. The Kier molecular flexibility index (Phi) is 11.7. The third kappa shape index (κ3) is 8.39. The first kappa shape index (κ1) is 36.8. The second-order valence-electron chi connectivity index (χ2n) is 12.0. The van der Waals surface area contributed by atoms with Crippen LogP contribution >= 0.6 is 23.2 Å². The van der Waals surface area contributed by atoms with Crippen molar-refractivity contribution in [3.05, 3.63) is 105 Å². The van der Waals surface area contributed by atoms with Crippen LogP contribution in [0.1, 0.15) is 49.4 Å². The van der Waals surface area contributed by atoms with Crippen LogP contribution in [-0.4, -0.2) is 79.5 Å². The number of rotatable bonds is 16. The van der Waals surface area contributed by atoms with Gasteiger partial charge in [-0.05, 0) is 91.4 Å². The van der Waals surface area contributed by atoms with Crippen LogP contribution in [0.15, 0.2) is 77.9 Å².